The summed E-state index contributed by atoms with van der Waals surface area (Å²) in [5.41, 5.74) is 4.39. The largest absolute Gasteiger partial charge is 0.497 e. The molecule has 4 rings (SSSR count). The van der Waals surface area contributed by atoms with E-state index in [0.717, 1.165) is 22.2 Å². The van der Waals surface area contributed by atoms with Crippen LogP contribution in [0.4, 0.5) is 0 Å². The predicted octanol–water partition coefficient (Wildman–Crippen LogP) is 3.24. The second-order valence-corrected chi connectivity index (χ2v) is 8.64. The Balaban J connectivity index is 1.74. The van der Waals surface area contributed by atoms with Crippen molar-refractivity contribution >= 4 is 20.9 Å². The van der Waals surface area contributed by atoms with Crippen LogP contribution in [0.15, 0.2) is 41.3 Å². The molecule has 3 aromatic rings. The van der Waals surface area contributed by atoms with E-state index in [4.69, 9.17) is 9.47 Å². The van der Waals surface area contributed by atoms with Gasteiger partial charge in [-0.1, -0.05) is 12.1 Å². The summed E-state index contributed by atoms with van der Waals surface area (Å²) in [4.78, 5) is 3.60. The molecule has 0 atom stereocenters. The maximum atomic E-state index is 13.3. The van der Waals surface area contributed by atoms with Crippen molar-refractivity contribution in [1.29, 1.82) is 0 Å². The lowest BCUT2D eigenvalue weighted by Crippen LogP contribution is -2.36. The van der Waals surface area contributed by atoms with Gasteiger partial charge in [0.2, 0.25) is 10.0 Å². The summed E-state index contributed by atoms with van der Waals surface area (Å²) in [7, 11) is -0.690. The molecule has 0 fully saturated rings. The standard InChI is InChI=1S/C20H22N2O4S/c1-13-4-6-15-16-12-22(9-8-17(16)21-18(15)10-13)27(23,24)20-7-5-14(25-2)11-19(20)26-3/h4-7,10-11,21H,8-9,12H2,1-3H3. The van der Waals surface area contributed by atoms with Gasteiger partial charge in [0, 0.05) is 42.2 Å². The number of nitrogens with one attached hydrogen (secondary N) is 1. The molecule has 1 aromatic heterocycles. The Bertz CT molecular complexity index is 1120. The summed E-state index contributed by atoms with van der Waals surface area (Å²) >= 11 is 0. The highest BCUT2D eigenvalue weighted by atomic mass is 32.2. The number of methoxy groups -OCH3 is 2. The van der Waals surface area contributed by atoms with Crippen molar-refractivity contribution in [1.82, 2.24) is 9.29 Å². The lowest BCUT2D eigenvalue weighted by molar-refractivity contribution is 0.372. The molecule has 27 heavy (non-hydrogen) atoms. The number of hydrogen-bond acceptors (Lipinski definition) is 4. The van der Waals surface area contributed by atoms with Crippen molar-refractivity contribution in [3.05, 3.63) is 53.2 Å². The average molecular weight is 386 g/mol. The van der Waals surface area contributed by atoms with Crippen molar-refractivity contribution in [2.24, 2.45) is 0 Å². The SMILES string of the molecule is COc1ccc(S(=O)(=O)N2CCc3[nH]c4cc(C)ccc4c3C2)c(OC)c1. The van der Waals surface area contributed by atoms with Gasteiger partial charge in [-0.05, 0) is 36.2 Å². The Labute approximate surface area is 158 Å². The van der Waals surface area contributed by atoms with Crippen LogP contribution in [0.5, 0.6) is 11.5 Å². The summed E-state index contributed by atoms with van der Waals surface area (Å²) in [5, 5.41) is 1.08. The Hall–Kier alpha value is -2.51. The molecule has 2 aromatic carbocycles. The maximum Gasteiger partial charge on any atom is 0.247 e. The minimum atomic E-state index is -3.69. The third-order valence-corrected chi connectivity index (χ3v) is 6.97. The van der Waals surface area contributed by atoms with Crippen molar-refractivity contribution in [2.45, 2.75) is 24.8 Å². The molecule has 0 bridgehead atoms. The molecule has 142 valence electrons. The van der Waals surface area contributed by atoms with Crippen molar-refractivity contribution < 1.29 is 17.9 Å². The Morgan fingerprint density at radius 2 is 1.89 bits per heavy atom. The molecule has 1 aliphatic heterocycles. The zero-order chi connectivity index (χ0) is 19.2. The lowest BCUT2D eigenvalue weighted by atomic mass is 10.1. The molecule has 0 amide bonds. The summed E-state index contributed by atoms with van der Waals surface area (Å²) in [5.74, 6) is 0.841. The van der Waals surface area contributed by atoms with Gasteiger partial charge in [0.25, 0.3) is 0 Å². The quantitative estimate of drug-likeness (QED) is 0.747. The van der Waals surface area contributed by atoms with Gasteiger partial charge in [-0.25, -0.2) is 8.42 Å². The number of sulfonamides is 1. The number of H-pyrrole nitrogens is 1. The molecule has 2 heterocycles. The van der Waals surface area contributed by atoms with Crippen LogP contribution in [0.2, 0.25) is 0 Å². The topological polar surface area (TPSA) is 71.6 Å². The molecule has 0 unspecified atom stereocenters. The molecule has 6 nitrogen and oxygen atoms in total. The van der Waals surface area contributed by atoms with Crippen LogP contribution in [-0.4, -0.2) is 38.5 Å². The van der Waals surface area contributed by atoms with E-state index in [1.807, 2.05) is 6.92 Å². The molecule has 1 aliphatic rings. The fourth-order valence-corrected chi connectivity index (χ4v) is 5.19. The first-order valence-electron chi connectivity index (χ1n) is 8.76. The lowest BCUT2D eigenvalue weighted by Gasteiger charge is -2.27. The highest BCUT2D eigenvalue weighted by Gasteiger charge is 2.32. The van der Waals surface area contributed by atoms with Crippen LogP contribution in [0.25, 0.3) is 10.9 Å². The van der Waals surface area contributed by atoms with Crippen LogP contribution < -0.4 is 9.47 Å². The highest BCUT2D eigenvalue weighted by molar-refractivity contribution is 7.89. The fraction of sp³-hybridized carbons (Fsp3) is 0.300. The van der Waals surface area contributed by atoms with Crippen molar-refractivity contribution in [3.63, 3.8) is 0 Å². The normalized spacial score (nSPS) is 14.9. The number of hydrogen-bond donors (Lipinski definition) is 1. The second-order valence-electron chi connectivity index (χ2n) is 6.74. The van der Waals surface area contributed by atoms with Crippen molar-refractivity contribution in [2.75, 3.05) is 20.8 Å². The third-order valence-electron chi connectivity index (χ3n) is 5.08. The molecule has 0 radical (unpaired) electrons. The summed E-state index contributed by atoms with van der Waals surface area (Å²) in [6.45, 7) is 2.82. The number of fused-ring (bicyclic) bond motifs is 3. The molecule has 0 saturated heterocycles. The van der Waals surface area contributed by atoms with E-state index in [1.54, 1.807) is 18.2 Å². The molecular weight excluding hydrogens is 364 g/mol. The van der Waals surface area contributed by atoms with Crippen molar-refractivity contribution in [3.8, 4) is 11.5 Å². The van der Waals surface area contributed by atoms with Gasteiger partial charge < -0.3 is 14.5 Å². The van der Waals surface area contributed by atoms with E-state index in [9.17, 15) is 8.42 Å². The minimum absolute atomic E-state index is 0.157. The number of nitrogens with zero attached hydrogens (tertiary/aromatic N) is 1. The fourth-order valence-electron chi connectivity index (χ4n) is 3.64. The van der Waals surface area contributed by atoms with Crippen LogP contribution in [0.1, 0.15) is 16.8 Å². The Kier molecular flexibility index (Phi) is 4.36. The molecule has 0 saturated carbocycles. The van der Waals surface area contributed by atoms with Gasteiger partial charge in [-0.15, -0.1) is 0 Å². The van der Waals surface area contributed by atoms with Gasteiger partial charge in [-0.3, -0.25) is 0 Å². The Morgan fingerprint density at radius 3 is 2.63 bits per heavy atom. The number of aromatic amines is 1. The van der Waals surface area contributed by atoms with Crippen LogP contribution >= 0.6 is 0 Å². The predicted molar refractivity (Wildman–Crippen MR) is 104 cm³/mol. The average Bonchev–Trinajstić information content (AvgIpc) is 3.03. The minimum Gasteiger partial charge on any atom is -0.497 e. The van der Waals surface area contributed by atoms with E-state index in [0.29, 0.717) is 25.3 Å². The Morgan fingerprint density at radius 1 is 1.07 bits per heavy atom. The molecule has 0 spiro atoms. The molecule has 0 aliphatic carbocycles. The van der Waals surface area contributed by atoms with E-state index >= 15 is 0 Å². The van der Waals surface area contributed by atoms with Crippen LogP contribution in [-0.2, 0) is 23.0 Å². The zero-order valence-corrected chi connectivity index (χ0v) is 16.4. The van der Waals surface area contributed by atoms with Gasteiger partial charge in [0.15, 0.2) is 0 Å². The van der Waals surface area contributed by atoms with Crippen LogP contribution in [0, 0.1) is 6.92 Å². The van der Waals surface area contributed by atoms with Crippen LogP contribution in [0.3, 0.4) is 0 Å². The highest BCUT2D eigenvalue weighted by Crippen LogP contribution is 2.35. The first-order chi connectivity index (χ1) is 12.9. The van der Waals surface area contributed by atoms with Gasteiger partial charge >= 0.3 is 0 Å². The zero-order valence-electron chi connectivity index (χ0n) is 15.6. The second kappa shape index (κ2) is 6.58. The summed E-state index contributed by atoms with van der Waals surface area (Å²) in [6.07, 6.45) is 0.654. The number of aryl methyl sites for hydroxylation is 1. The number of benzene rings is 2. The third kappa shape index (κ3) is 2.96. The van der Waals surface area contributed by atoms with Gasteiger partial charge in [-0.2, -0.15) is 4.31 Å². The number of rotatable bonds is 4. The number of ether oxygens (including phenoxy) is 2. The molecular formula is C20H22N2O4S. The van der Waals surface area contributed by atoms with E-state index in [1.165, 1.54) is 24.1 Å². The molecule has 7 heteroatoms. The molecule has 1 N–H and O–H groups in total. The summed E-state index contributed by atoms with van der Waals surface area (Å²) in [6, 6.07) is 11.0. The van der Waals surface area contributed by atoms with E-state index in [2.05, 4.69) is 23.2 Å². The smallest absolute Gasteiger partial charge is 0.247 e. The van der Waals surface area contributed by atoms with Gasteiger partial charge in [0.05, 0.1) is 14.2 Å². The first-order valence-corrected chi connectivity index (χ1v) is 10.2. The number of aromatic nitrogens is 1. The summed E-state index contributed by atoms with van der Waals surface area (Å²) < 4.78 is 38.6. The van der Waals surface area contributed by atoms with Gasteiger partial charge in [0.1, 0.15) is 16.4 Å². The van der Waals surface area contributed by atoms with E-state index in [-0.39, 0.29) is 10.6 Å². The first kappa shape index (κ1) is 17.9. The maximum absolute atomic E-state index is 13.3. The monoisotopic (exact) mass is 386 g/mol. The van der Waals surface area contributed by atoms with E-state index < -0.39 is 10.0 Å².